The van der Waals surface area contributed by atoms with Crippen molar-refractivity contribution in [3.63, 3.8) is 0 Å². The molecule has 0 amide bonds. The molecule has 0 radical (unpaired) electrons. The first-order valence-corrected chi connectivity index (χ1v) is 6.74. The molecule has 0 N–H and O–H groups in total. The van der Waals surface area contributed by atoms with E-state index in [0.717, 1.165) is 30.8 Å². The molecule has 1 heterocycles. The number of hydrogen-bond acceptors (Lipinski definition) is 3. The van der Waals surface area contributed by atoms with Crippen LogP contribution in [0.25, 0.3) is 6.08 Å². The molecule has 1 aliphatic carbocycles. The average Bonchev–Trinajstić information content (AvgIpc) is 2.79. The first-order valence-electron chi connectivity index (χ1n) is 6.74. The van der Waals surface area contributed by atoms with Gasteiger partial charge in [-0.2, -0.15) is 0 Å². The highest BCUT2D eigenvalue weighted by Gasteiger charge is 2.50. The van der Waals surface area contributed by atoms with Crippen LogP contribution >= 0.6 is 0 Å². The molecule has 100 valence electrons. The largest absolute Gasteiger partial charge is 0.493 e. The Labute approximate surface area is 113 Å². The van der Waals surface area contributed by atoms with E-state index in [-0.39, 0.29) is 11.6 Å². The third-order valence-corrected chi connectivity index (χ3v) is 4.05. The maximum absolute atomic E-state index is 11.7. The summed E-state index contributed by atoms with van der Waals surface area (Å²) in [6.45, 7) is 4.83. The standard InChI is InChI=1S/C16H18O3/c1-11-10-16(11,2)19-15(17)6-4-12-3-5-14-13(9-12)7-8-18-14/h3-6,9,11H,7-8,10H2,1-2H3/b6-4+. The van der Waals surface area contributed by atoms with Crippen molar-refractivity contribution in [3.05, 3.63) is 35.4 Å². The predicted octanol–water partition coefficient (Wildman–Crippen LogP) is 2.98. The van der Waals surface area contributed by atoms with E-state index >= 15 is 0 Å². The monoisotopic (exact) mass is 258 g/mol. The number of ether oxygens (including phenoxy) is 2. The number of rotatable bonds is 3. The summed E-state index contributed by atoms with van der Waals surface area (Å²) in [5, 5.41) is 0. The summed E-state index contributed by atoms with van der Waals surface area (Å²) in [4.78, 5) is 11.7. The second-order valence-electron chi connectivity index (χ2n) is 5.64. The molecule has 1 fully saturated rings. The van der Waals surface area contributed by atoms with Crippen LogP contribution in [0.4, 0.5) is 0 Å². The van der Waals surface area contributed by atoms with Gasteiger partial charge in [0, 0.05) is 12.5 Å². The Kier molecular flexibility index (Phi) is 2.85. The van der Waals surface area contributed by atoms with Gasteiger partial charge in [-0.15, -0.1) is 0 Å². The summed E-state index contributed by atoms with van der Waals surface area (Å²) in [7, 11) is 0. The number of esters is 1. The van der Waals surface area contributed by atoms with Crippen LogP contribution in [0.2, 0.25) is 0 Å². The molecule has 0 aromatic heterocycles. The summed E-state index contributed by atoms with van der Waals surface area (Å²) in [5.74, 6) is 1.17. The van der Waals surface area contributed by atoms with Gasteiger partial charge >= 0.3 is 5.97 Å². The number of hydrogen-bond donors (Lipinski definition) is 0. The molecule has 0 bridgehead atoms. The van der Waals surface area contributed by atoms with E-state index in [1.165, 1.54) is 11.6 Å². The lowest BCUT2D eigenvalue weighted by atomic mass is 10.1. The molecule has 2 unspecified atom stereocenters. The van der Waals surface area contributed by atoms with Gasteiger partial charge in [0.25, 0.3) is 0 Å². The van der Waals surface area contributed by atoms with Crippen LogP contribution in [-0.4, -0.2) is 18.2 Å². The van der Waals surface area contributed by atoms with Gasteiger partial charge in [0.2, 0.25) is 0 Å². The van der Waals surface area contributed by atoms with Gasteiger partial charge in [-0.1, -0.05) is 13.0 Å². The van der Waals surface area contributed by atoms with Crippen LogP contribution in [0.15, 0.2) is 24.3 Å². The number of fused-ring (bicyclic) bond motifs is 1. The topological polar surface area (TPSA) is 35.5 Å². The highest BCUT2D eigenvalue weighted by atomic mass is 16.6. The summed E-state index contributed by atoms with van der Waals surface area (Å²) in [6, 6.07) is 5.97. The molecule has 1 aliphatic heterocycles. The Morgan fingerprint density at radius 3 is 3.05 bits per heavy atom. The summed E-state index contributed by atoms with van der Waals surface area (Å²) in [6.07, 6.45) is 5.21. The molecule has 19 heavy (non-hydrogen) atoms. The van der Waals surface area contributed by atoms with Crippen molar-refractivity contribution in [1.29, 1.82) is 0 Å². The molecule has 0 saturated heterocycles. The first-order chi connectivity index (χ1) is 9.07. The van der Waals surface area contributed by atoms with Gasteiger partial charge in [-0.05, 0) is 48.6 Å². The SMILES string of the molecule is CC1CC1(C)OC(=O)/C=C/c1ccc2c(c1)CCO2. The summed E-state index contributed by atoms with van der Waals surface area (Å²) in [5.41, 5.74) is 1.97. The Bertz CT molecular complexity index is 547. The molecule has 2 atom stereocenters. The highest BCUT2D eigenvalue weighted by Crippen LogP contribution is 2.46. The van der Waals surface area contributed by atoms with Crippen LogP contribution in [-0.2, 0) is 16.0 Å². The Hall–Kier alpha value is -1.77. The Balaban J connectivity index is 1.64. The van der Waals surface area contributed by atoms with Gasteiger partial charge in [0.15, 0.2) is 0 Å². The lowest BCUT2D eigenvalue weighted by molar-refractivity contribution is -0.144. The average molecular weight is 258 g/mol. The summed E-state index contributed by atoms with van der Waals surface area (Å²) < 4.78 is 10.9. The van der Waals surface area contributed by atoms with Gasteiger partial charge in [0.05, 0.1) is 6.61 Å². The van der Waals surface area contributed by atoms with Crippen LogP contribution in [0.5, 0.6) is 5.75 Å². The fourth-order valence-corrected chi connectivity index (χ4v) is 2.43. The van der Waals surface area contributed by atoms with Crippen molar-refractivity contribution in [1.82, 2.24) is 0 Å². The molecule has 3 heteroatoms. The number of carbonyl (C=O) groups is 1. The second kappa shape index (κ2) is 4.41. The van der Waals surface area contributed by atoms with Crippen LogP contribution in [0.1, 0.15) is 31.4 Å². The lowest BCUT2D eigenvalue weighted by Gasteiger charge is -2.09. The third kappa shape index (κ3) is 2.50. The first kappa shape index (κ1) is 12.3. The van der Waals surface area contributed by atoms with Crippen LogP contribution in [0, 0.1) is 5.92 Å². The normalized spacial score (nSPS) is 28.0. The molecular weight excluding hydrogens is 240 g/mol. The van der Waals surface area contributed by atoms with Crippen molar-refractivity contribution in [2.75, 3.05) is 6.61 Å². The lowest BCUT2D eigenvalue weighted by Crippen LogP contribution is -2.15. The summed E-state index contributed by atoms with van der Waals surface area (Å²) >= 11 is 0. The Morgan fingerprint density at radius 1 is 1.53 bits per heavy atom. The van der Waals surface area contributed by atoms with E-state index in [2.05, 4.69) is 13.0 Å². The number of carbonyl (C=O) groups excluding carboxylic acids is 1. The maximum Gasteiger partial charge on any atom is 0.331 e. The van der Waals surface area contributed by atoms with Gasteiger partial charge in [-0.25, -0.2) is 4.79 Å². The smallest absolute Gasteiger partial charge is 0.331 e. The van der Waals surface area contributed by atoms with Crippen molar-refractivity contribution in [2.45, 2.75) is 32.3 Å². The zero-order valence-electron chi connectivity index (χ0n) is 11.3. The van der Waals surface area contributed by atoms with E-state index in [9.17, 15) is 4.79 Å². The second-order valence-corrected chi connectivity index (χ2v) is 5.64. The fourth-order valence-electron chi connectivity index (χ4n) is 2.43. The minimum Gasteiger partial charge on any atom is -0.493 e. The molecule has 1 saturated carbocycles. The van der Waals surface area contributed by atoms with E-state index in [1.54, 1.807) is 6.08 Å². The van der Waals surface area contributed by atoms with E-state index < -0.39 is 0 Å². The highest BCUT2D eigenvalue weighted by molar-refractivity contribution is 5.87. The quantitative estimate of drug-likeness (QED) is 0.617. The van der Waals surface area contributed by atoms with Crippen molar-refractivity contribution >= 4 is 12.0 Å². The van der Waals surface area contributed by atoms with Gasteiger partial charge in [0.1, 0.15) is 11.4 Å². The minimum atomic E-state index is -0.261. The molecule has 1 aromatic rings. The molecular formula is C16H18O3. The van der Waals surface area contributed by atoms with E-state index in [4.69, 9.17) is 9.47 Å². The third-order valence-electron chi connectivity index (χ3n) is 4.05. The van der Waals surface area contributed by atoms with Crippen LogP contribution in [0.3, 0.4) is 0 Å². The van der Waals surface area contributed by atoms with E-state index in [0.29, 0.717) is 5.92 Å². The molecule has 1 aromatic carbocycles. The fraction of sp³-hybridized carbons (Fsp3) is 0.438. The van der Waals surface area contributed by atoms with Gasteiger partial charge < -0.3 is 9.47 Å². The van der Waals surface area contributed by atoms with Crippen molar-refractivity contribution in [2.24, 2.45) is 5.92 Å². The molecule has 0 spiro atoms. The molecule has 2 aliphatic rings. The predicted molar refractivity (Wildman–Crippen MR) is 73.0 cm³/mol. The van der Waals surface area contributed by atoms with Crippen LogP contribution < -0.4 is 4.74 Å². The zero-order valence-corrected chi connectivity index (χ0v) is 11.3. The Morgan fingerprint density at radius 2 is 2.32 bits per heavy atom. The van der Waals surface area contributed by atoms with Gasteiger partial charge in [-0.3, -0.25) is 0 Å². The molecule has 3 nitrogen and oxygen atoms in total. The minimum absolute atomic E-state index is 0.243. The van der Waals surface area contributed by atoms with Crippen molar-refractivity contribution < 1.29 is 14.3 Å². The molecule has 3 rings (SSSR count). The van der Waals surface area contributed by atoms with Crippen molar-refractivity contribution in [3.8, 4) is 5.75 Å². The number of benzene rings is 1. The zero-order chi connectivity index (χ0) is 13.5. The maximum atomic E-state index is 11.7. The van der Waals surface area contributed by atoms with E-state index in [1.807, 2.05) is 19.1 Å².